The van der Waals surface area contributed by atoms with Gasteiger partial charge in [0.25, 0.3) is 6.29 Å². The molecule has 1 N–H and O–H groups in total. The number of ether oxygens (including phenoxy) is 2. The molecule has 0 radical (unpaired) electrons. The van der Waals surface area contributed by atoms with E-state index in [1.54, 1.807) is 0 Å². The predicted molar refractivity (Wildman–Crippen MR) is 22.6 cm³/mol. The van der Waals surface area contributed by atoms with E-state index in [0.29, 0.717) is 0 Å². The third-order valence-corrected chi connectivity index (χ3v) is 0.804. The van der Waals surface area contributed by atoms with Gasteiger partial charge in [-0.1, -0.05) is 0 Å². The van der Waals surface area contributed by atoms with Crippen LogP contribution in [0.5, 0.6) is 0 Å². The number of esters is 1. The van der Waals surface area contributed by atoms with Crippen molar-refractivity contribution in [2.45, 2.75) is 19.5 Å². The largest absolute Gasteiger partial charge is 0.432 e. The number of aliphatic hydroxyl groups is 1. The summed E-state index contributed by atoms with van der Waals surface area (Å²) < 4.78 is 8.82. The van der Waals surface area contributed by atoms with E-state index in [2.05, 4.69) is 9.47 Å². The molecule has 0 aromatic carbocycles. The Morgan fingerprint density at radius 2 is 2.38 bits per heavy atom. The third kappa shape index (κ3) is 0.801. The molecule has 1 fully saturated rings. The summed E-state index contributed by atoms with van der Waals surface area (Å²) in [5.41, 5.74) is 0. The number of aliphatic hydroxyl groups excluding tert-OH is 1. The van der Waals surface area contributed by atoms with Gasteiger partial charge in [-0.15, -0.1) is 0 Å². The highest BCUT2D eigenvalue weighted by Crippen LogP contribution is 2.08. The lowest BCUT2D eigenvalue weighted by molar-refractivity contribution is -0.148. The van der Waals surface area contributed by atoms with Gasteiger partial charge in [-0.25, -0.2) is 4.79 Å². The molecule has 1 saturated heterocycles. The number of hydrogen-bond acceptors (Lipinski definition) is 4. The van der Waals surface area contributed by atoms with Gasteiger partial charge in [0.05, 0.1) is 0 Å². The predicted octanol–water partition coefficient (Wildman–Crippen LogP) is -0.776. The van der Waals surface area contributed by atoms with Crippen molar-refractivity contribution >= 4 is 5.97 Å². The Kier molecular flexibility index (Phi) is 1.19. The second kappa shape index (κ2) is 1.72. The van der Waals surface area contributed by atoms with Gasteiger partial charge in [0.1, 0.15) is 0 Å². The molecule has 0 aromatic rings. The molecule has 1 aliphatic heterocycles. The number of carbonyl (C=O) groups excluding carboxylic acids is 1. The van der Waals surface area contributed by atoms with Gasteiger partial charge in [-0.05, 0) is 6.92 Å². The smallest absolute Gasteiger partial charge is 0.365 e. The minimum absolute atomic E-state index is 0.600. The summed E-state index contributed by atoms with van der Waals surface area (Å²) in [5, 5.41) is 8.47. The normalized spacial score (nSPS) is 37.5. The van der Waals surface area contributed by atoms with E-state index in [1.807, 2.05) is 0 Å². The standard InChI is InChI=1S/C4H6O4/c1-2-7-3(5)4(6)8-2/h2-3,5H,1H3. The average molecular weight is 118 g/mol. The first-order valence-electron chi connectivity index (χ1n) is 2.24. The van der Waals surface area contributed by atoms with E-state index in [-0.39, 0.29) is 0 Å². The quantitative estimate of drug-likeness (QED) is 0.424. The van der Waals surface area contributed by atoms with Crippen LogP contribution in [-0.2, 0) is 14.3 Å². The van der Waals surface area contributed by atoms with E-state index in [4.69, 9.17) is 5.11 Å². The van der Waals surface area contributed by atoms with Crippen molar-refractivity contribution < 1.29 is 19.4 Å². The zero-order chi connectivity index (χ0) is 6.15. The van der Waals surface area contributed by atoms with Crippen LogP contribution in [0.15, 0.2) is 0 Å². The molecule has 4 heteroatoms. The first kappa shape index (κ1) is 5.53. The van der Waals surface area contributed by atoms with Gasteiger partial charge in [-0.3, -0.25) is 0 Å². The lowest BCUT2D eigenvalue weighted by Crippen LogP contribution is -2.13. The molecule has 0 aromatic heterocycles. The van der Waals surface area contributed by atoms with Crippen molar-refractivity contribution in [2.75, 3.05) is 0 Å². The number of rotatable bonds is 0. The zero-order valence-corrected chi connectivity index (χ0v) is 4.33. The molecule has 46 valence electrons. The Labute approximate surface area is 46.0 Å². The Balaban J connectivity index is 2.51. The number of cyclic esters (lactones) is 1. The minimum Gasteiger partial charge on any atom is -0.432 e. The van der Waals surface area contributed by atoms with Crippen molar-refractivity contribution in [3.63, 3.8) is 0 Å². The molecule has 8 heavy (non-hydrogen) atoms. The van der Waals surface area contributed by atoms with Gasteiger partial charge in [0.15, 0.2) is 0 Å². The highest BCUT2D eigenvalue weighted by atomic mass is 16.8. The van der Waals surface area contributed by atoms with Gasteiger partial charge >= 0.3 is 5.97 Å². The molecule has 0 spiro atoms. The third-order valence-electron chi connectivity index (χ3n) is 0.804. The summed E-state index contributed by atoms with van der Waals surface area (Å²) in [5.74, 6) is -0.711. The number of hydrogen-bond donors (Lipinski definition) is 1. The Morgan fingerprint density at radius 3 is 2.50 bits per heavy atom. The van der Waals surface area contributed by atoms with Crippen LogP contribution in [0.2, 0.25) is 0 Å². The van der Waals surface area contributed by atoms with E-state index in [9.17, 15) is 4.79 Å². The molecular weight excluding hydrogens is 112 g/mol. The van der Waals surface area contributed by atoms with Gasteiger partial charge in [-0.2, -0.15) is 0 Å². The van der Waals surface area contributed by atoms with E-state index in [0.717, 1.165) is 0 Å². The molecular formula is C4H6O4. The Morgan fingerprint density at radius 1 is 1.75 bits per heavy atom. The minimum atomic E-state index is -1.37. The van der Waals surface area contributed by atoms with Crippen LogP contribution in [0.4, 0.5) is 0 Å². The van der Waals surface area contributed by atoms with Crippen molar-refractivity contribution in [3.8, 4) is 0 Å². The zero-order valence-electron chi connectivity index (χ0n) is 4.33. The summed E-state index contributed by atoms with van der Waals surface area (Å²) in [6.07, 6.45) is -1.97. The summed E-state index contributed by atoms with van der Waals surface area (Å²) in [6.45, 7) is 1.54. The summed E-state index contributed by atoms with van der Waals surface area (Å²) in [4.78, 5) is 10.2. The Hall–Kier alpha value is -0.610. The lowest BCUT2D eigenvalue weighted by Gasteiger charge is -1.95. The van der Waals surface area contributed by atoms with Gasteiger partial charge in [0.2, 0.25) is 6.29 Å². The summed E-state index contributed by atoms with van der Waals surface area (Å²) in [7, 11) is 0. The maximum Gasteiger partial charge on any atom is 0.365 e. The maximum absolute atomic E-state index is 10.2. The van der Waals surface area contributed by atoms with Crippen LogP contribution in [0, 0.1) is 0 Å². The molecule has 2 unspecified atom stereocenters. The molecule has 0 amide bonds. The van der Waals surface area contributed by atoms with E-state index < -0.39 is 18.5 Å². The maximum atomic E-state index is 10.2. The lowest BCUT2D eigenvalue weighted by atomic mass is 10.7. The van der Waals surface area contributed by atoms with Crippen molar-refractivity contribution in [1.29, 1.82) is 0 Å². The van der Waals surface area contributed by atoms with Gasteiger partial charge in [0, 0.05) is 0 Å². The first-order chi connectivity index (χ1) is 3.70. The fraction of sp³-hybridized carbons (Fsp3) is 0.750. The van der Waals surface area contributed by atoms with Crippen LogP contribution >= 0.6 is 0 Å². The SMILES string of the molecule is CC1OC(=O)C(O)O1. The summed E-state index contributed by atoms with van der Waals surface area (Å²) >= 11 is 0. The summed E-state index contributed by atoms with van der Waals surface area (Å²) in [6, 6.07) is 0. The molecule has 1 aliphatic rings. The molecule has 1 heterocycles. The van der Waals surface area contributed by atoms with E-state index in [1.165, 1.54) is 6.92 Å². The molecule has 0 aliphatic carbocycles. The molecule has 4 nitrogen and oxygen atoms in total. The monoisotopic (exact) mass is 118 g/mol. The topological polar surface area (TPSA) is 55.8 Å². The highest BCUT2D eigenvalue weighted by molar-refractivity contribution is 5.74. The van der Waals surface area contributed by atoms with E-state index >= 15 is 0 Å². The van der Waals surface area contributed by atoms with Crippen LogP contribution in [-0.4, -0.2) is 23.7 Å². The molecule has 0 saturated carbocycles. The van der Waals surface area contributed by atoms with Crippen molar-refractivity contribution in [2.24, 2.45) is 0 Å². The fourth-order valence-corrected chi connectivity index (χ4v) is 0.487. The second-order valence-electron chi connectivity index (χ2n) is 1.49. The Bertz CT molecular complexity index is 111. The molecule has 0 bridgehead atoms. The van der Waals surface area contributed by atoms with Crippen LogP contribution in [0.3, 0.4) is 0 Å². The van der Waals surface area contributed by atoms with Crippen LogP contribution in [0.25, 0.3) is 0 Å². The molecule has 1 rings (SSSR count). The van der Waals surface area contributed by atoms with Crippen molar-refractivity contribution in [1.82, 2.24) is 0 Å². The second-order valence-corrected chi connectivity index (χ2v) is 1.49. The molecule has 2 atom stereocenters. The highest BCUT2D eigenvalue weighted by Gasteiger charge is 2.30. The van der Waals surface area contributed by atoms with Crippen LogP contribution in [0.1, 0.15) is 6.92 Å². The first-order valence-corrected chi connectivity index (χ1v) is 2.24. The average Bonchev–Trinajstić information content (AvgIpc) is 1.85. The van der Waals surface area contributed by atoms with Crippen molar-refractivity contribution in [3.05, 3.63) is 0 Å². The fourth-order valence-electron chi connectivity index (χ4n) is 0.487. The number of carbonyl (C=O) groups is 1. The van der Waals surface area contributed by atoms with Gasteiger partial charge < -0.3 is 14.6 Å². The van der Waals surface area contributed by atoms with Crippen LogP contribution < -0.4 is 0 Å².